The number of halogens is 2. The summed E-state index contributed by atoms with van der Waals surface area (Å²) < 4.78 is 7.65. The van der Waals surface area contributed by atoms with E-state index in [2.05, 4.69) is 15.4 Å². The first-order valence-electron chi connectivity index (χ1n) is 11.0. The van der Waals surface area contributed by atoms with Crippen LogP contribution in [-0.4, -0.2) is 45.0 Å². The molecule has 35 heavy (non-hydrogen) atoms. The first-order chi connectivity index (χ1) is 17.0. The number of amides is 1. The second-order valence-electron chi connectivity index (χ2n) is 7.80. The molecule has 2 N–H and O–H groups in total. The lowest BCUT2D eigenvalue weighted by atomic mass is 10.2. The van der Waals surface area contributed by atoms with Crippen LogP contribution in [0.2, 0.25) is 10.0 Å². The number of hydrogen-bond acceptors (Lipinski definition) is 6. The van der Waals surface area contributed by atoms with Gasteiger partial charge >= 0.3 is 0 Å². The summed E-state index contributed by atoms with van der Waals surface area (Å²) >= 11 is 13.9. The molecule has 0 aliphatic carbocycles. The number of aliphatic hydroxyl groups is 1. The van der Waals surface area contributed by atoms with Gasteiger partial charge in [0.05, 0.1) is 40.7 Å². The highest BCUT2D eigenvalue weighted by atomic mass is 35.5. The average molecular weight is 531 g/mol. The third-order valence-electron chi connectivity index (χ3n) is 5.19. The second-order valence-corrected chi connectivity index (χ2v) is 9.65. The maximum atomic E-state index is 12.4. The van der Waals surface area contributed by atoms with Crippen LogP contribution >= 0.6 is 34.5 Å². The third-order valence-corrected chi connectivity index (χ3v) is 6.83. The Morgan fingerprint density at radius 3 is 2.77 bits per heavy atom. The summed E-state index contributed by atoms with van der Waals surface area (Å²) in [4.78, 5) is 17.6. The molecule has 1 amide bonds. The van der Waals surface area contributed by atoms with Crippen molar-refractivity contribution in [3.05, 3.63) is 81.2 Å². The summed E-state index contributed by atoms with van der Waals surface area (Å²) in [6, 6.07) is 14.4. The van der Waals surface area contributed by atoms with E-state index in [4.69, 9.17) is 27.9 Å². The van der Waals surface area contributed by atoms with E-state index in [0.717, 1.165) is 10.4 Å². The Hall–Kier alpha value is -2.91. The highest BCUT2D eigenvalue weighted by Gasteiger charge is 2.15. The number of hydrogen-bond donors (Lipinski definition) is 2. The molecule has 10 heteroatoms. The van der Waals surface area contributed by atoms with E-state index in [-0.39, 0.29) is 25.0 Å². The van der Waals surface area contributed by atoms with Crippen LogP contribution in [0.25, 0.3) is 16.9 Å². The molecule has 4 rings (SSSR count). The van der Waals surface area contributed by atoms with Gasteiger partial charge in [0.1, 0.15) is 0 Å². The van der Waals surface area contributed by atoms with Crippen molar-refractivity contribution in [3.8, 4) is 22.8 Å². The van der Waals surface area contributed by atoms with Gasteiger partial charge in [-0.05, 0) is 48.2 Å². The molecular formula is C25H24Cl2N4O3S. The first-order valence-corrected chi connectivity index (χ1v) is 12.7. The van der Waals surface area contributed by atoms with Crippen molar-refractivity contribution in [2.75, 3.05) is 13.2 Å². The molecule has 3 aromatic heterocycles. The molecule has 0 spiro atoms. The van der Waals surface area contributed by atoms with Crippen molar-refractivity contribution in [2.45, 2.75) is 25.3 Å². The van der Waals surface area contributed by atoms with Crippen molar-refractivity contribution < 1.29 is 14.6 Å². The van der Waals surface area contributed by atoms with Crippen molar-refractivity contribution in [1.82, 2.24) is 20.1 Å². The molecule has 0 fully saturated rings. The molecule has 4 aromatic rings. The summed E-state index contributed by atoms with van der Waals surface area (Å²) in [5.41, 5.74) is 2.23. The van der Waals surface area contributed by atoms with Gasteiger partial charge in [-0.1, -0.05) is 29.3 Å². The maximum Gasteiger partial charge on any atom is 0.220 e. The maximum absolute atomic E-state index is 12.4. The summed E-state index contributed by atoms with van der Waals surface area (Å²) in [5, 5.41) is 20.0. The van der Waals surface area contributed by atoms with Crippen LogP contribution in [0.15, 0.2) is 66.3 Å². The van der Waals surface area contributed by atoms with Gasteiger partial charge in [0, 0.05) is 41.7 Å². The molecule has 1 aromatic carbocycles. The van der Waals surface area contributed by atoms with Gasteiger partial charge in [-0.3, -0.25) is 9.78 Å². The normalized spacial score (nSPS) is 11.9. The summed E-state index contributed by atoms with van der Waals surface area (Å²) in [6.07, 6.45) is 4.80. The lowest BCUT2D eigenvalue weighted by Gasteiger charge is -2.15. The van der Waals surface area contributed by atoms with Gasteiger partial charge in [0.2, 0.25) is 11.8 Å². The number of benzene rings is 1. The number of thiophene rings is 1. The Morgan fingerprint density at radius 2 is 2.06 bits per heavy atom. The Balaban J connectivity index is 1.39. The Morgan fingerprint density at radius 1 is 1.17 bits per heavy atom. The zero-order chi connectivity index (χ0) is 24.6. The molecule has 3 heterocycles. The summed E-state index contributed by atoms with van der Waals surface area (Å²) in [5.74, 6) is 0.381. The van der Waals surface area contributed by atoms with Gasteiger partial charge in [-0.25, -0.2) is 4.68 Å². The quantitative estimate of drug-likeness (QED) is 0.261. The van der Waals surface area contributed by atoms with E-state index in [1.54, 1.807) is 46.6 Å². The third kappa shape index (κ3) is 6.82. The number of ether oxygens (including phenoxy) is 1. The number of aromatic nitrogens is 3. The minimum absolute atomic E-state index is 0.111. The van der Waals surface area contributed by atoms with E-state index >= 15 is 0 Å². The molecular weight excluding hydrogens is 507 g/mol. The van der Waals surface area contributed by atoms with E-state index < -0.39 is 0 Å². The predicted octanol–water partition coefficient (Wildman–Crippen LogP) is 5.18. The molecule has 0 aliphatic rings. The van der Waals surface area contributed by atoms with Crippen LogP contribution < -0.4 is 10.1 Å². The lowest BCUT2D eigenvalue weighted by Crippen LogP contribution is -2.38. The van der Waals surface area contributed by atoms with Crippen molar-refractivity contribution in [3.63, 3.8) is 0 Å². The van der Waals surface area contributed by atoms with Crippen molar-refractivity contribution in [2.24, 2.45) is 0 Å². The molecule has 182 valence electrons. The molecule has 0 aliphatic heterocycles. The van der Waals surface area contributed by atoms with Gasteiger partial charge in [-0.2, -0.15) is 5.10 Å². The number of rotatable bonds is 11. The van der Waals surface area contributed by atoms with Crippen LogP contribution in [0.1, 0.15) is 17.7 Å². The molecule has 0 radical (unpaired) electrons. The Labute approximate surface area is 217 Å². The number of nitrogens with zero attached hydrogens (tertiary/aromatic N) is 3. The fraction of sp³-hybridized carbons (Fsp3) is 0.240. The van der Waals surface area contributed by atoms with Crippen LogP contribution in [0, 0.1) is 0 Å². The lowest BCUT2D eigenvalue weighted by molar-refractivity contribution is -0.122. The number of carbonyl (C=O) groups excluding carboxylic acids is 1. The zero-order valence-electron chi connectivity index (χ0n) is 18.7. The highest BCUT2D eigenvalue weighted by Crippen LogP contribution is 2.29. The summed E-state index contributed by atoms with van der Waals surface area (Å²) in [6.45, 7) is 0.196. The van der Waals surface area contributed by atoms with Gasteiger partial charge in [0.25, 0.3) is 0 Å². The molecule has 7 nitrogen and oxygen atoms in total. The van der Waals surface area contributed by atoms with Crippen LogP contribution in [0.4, 0.5) is 0 Å². The van der Waals surface area contributed by atoms with E-state index in [9.17, 15) is 9.90 Å². The molecule has 0 saturated carbocycles. The molecule has 0 saturated heterocycles. The topological polar surface area (TPSA) is 89.3 Å². The Kier molecular flexibility index (Phi) is 8.76. The number of aliphatic hydroxyl groups excluding tert-OH is 1. The standard InChI is InChI=1S/C25H24Cl2N4O3S/c26-21-8-7-19(13-22(21)27)31-25(14-23(30-31)17-4-1-9-28-15-17)34-10-2-6-24(33)29-18(16-32)12-20-5-3-11-35-20/h1,3-5,7-9,11,13-15,18,32H,2,6,10,12,16H2,(H,29,33)/t18-/m0/s1. The molecule has 1 atom stereocenters. The van der Waals surface area contributed by atoms with Gasteiger partial charge in [-0.15, -0.1) is 11.3 Å². The van der Waals surface area contributed by atoms with Crippen LogP contribution in [0.5, 0.6) is 5.88 Å². The zero-order valence-corrected chi connectivity index (χ0v) is 21.1. The number of carbonyl (C=O) groups is 1. The molecule has 0 bridgehead atoms. The summed E-state index contributed by atoms with van der Waals surface area (Å²) in [7, 11) is 0. The number of pyridine rings is 1. The average Bonchev–Trinajstić information content (AvgIpc) is 3.54. The fourth-order valence-corrected chi connectivity index (χ4v) is 4.54. The minimum atomic E-state index is -0.305. The second kappa shape index (κ2) is 12.2. The van der Waals surface area contributed by atoms with Crippen molar-refractivity contribution in [1.29, 1.82) is 0 Å². The monoisotopic (exact) mass is 530 g/mol. The van der Waals surface area contributed by atoms with Gasteiger partial charge < -0.3 is 15.2 Å². The largest absolute Gasteiger partial charge is 0.478 e. The van der Waals surface area contributed by atoms with E-state index in [1.165, 1.54) is 0 Å². The van der Waals surface area contributed by atoms with E-state index in [1.807, 2.05) is 35.7 Å². The van der Waals surface area contributed by atoms with Crippen LogP contribution in [0.3, 0.4) is 0 Å². The van der Waals surface area contributed by atoms with Gasteiger partial charge in [0.15, 0.2) is 0 Å². The minimum Gasteiger partial charge on any atom is -0.478 e. The highest BCUT2D eigenvalue weighted by molar-refractivity contribution is 7.09. The van der Waals surface area contributed by atoms with Crippen molar-refractivity contribution >= 4 is 40.4 Å². The van der Waals surface area contributed by atoms with E-state index in [0.29, 0.717) is 46.8 Å². The van der Waals surface area contributed by atoms with Crippen LogP contribution in [-0.2, 0) is 11.2 Å². The number of nitrogens with one attached hydrogen (secondary N) is 1. The Bertz CT molecular complexity index is 1250. The smallest absolute Gasteiger partial charge is 0.220 e. The molecule has 0 unspecified atom stereocenters. The fourth-order valence-electron chi connectivity index (χ4n) is 3.47. The predicted molar refractivity (Wildman–Crippen MR) is 139 cm³/mol. The SMILES string of the molecule is O=C(CCCOc1cc(-c2cccnc2)nn1-c1ccc(Cl)c(Cl)c1)N[C@H](CO)Cc1cccs1. The first kappa shape index (κ1) is 25.2.